The van der Waals surface area contributed by atoms with Gasteiger partial charge in [-0.15, -0.1) is 0 Å². The van der Waals surface area contributed by atoms with Crippen LogP contribution in [0.1, 0.15) is 38.3 Å². The van der Waals surface area contributed by atoms with Crippen molar-refractivity contribution in [2.45, 2.75) is 38.8 Å². The van der Waals surface area contributed by atoms with Crippen molar-refractivity contribution in [1.29, 1.82) is 0 Å². The molecule has 0 spiro atoms. The third-order valence-electron chi connectivity index (χ3n) is 4.61. The van der Waals surface area contributed by atoms with E-state index in [0.29, 0.717) is 6.42 Å². The van der Waals surface area contributed by atoms with Gasteiger partial charge in [-0.3, -0.25) is 4.79 Å². The van der Waals surface area contributed by atoms with Crippen LogP contribution in [0.2, 0.25) is 0 Å². The summed E-state index contributed by atoms with van der Waals surface area (Å²) >= 11 is 0. The normalized spacial score (nSPS) is 13.2. The Morgan fingerprint density at radius 1 is 0.885 bits per heavy atom. The molecule has 0 aliphatic heterocycles. The molecule has 134 valence electrons. The van der Waals surface area contributed by atoms with Gasteiger partial charge in [-0.25, -0.2) is 0 Å². The second kappa shape index (κ2) is 8.52. The van der Waals surface area contributed by atoms with Crippen molar-refractivity contribution >= 4 is 16.7 Å². The molecule has 1 amide bonds. The van der Waals surface area contributed by atoms with Gasteiger partial charge in [0.25, 0.3) is 5.91 Å². The van der Waals surface area contributed by atoms with Gasteiger partial charge in [0, 0.05) is 5.39 Å². The van der Waals surface area contributed by atoms with E-state index in [1.165, 1.54) is 0 Å². The Kier molecular flexibility index (Phi) is 5.90. The molecule has 0 heterocycles. The van der Waals surface area contributed by atoms with Crippen LogP contribution in [0.3, 0.4) is 0 Å². The first-order chi connectivity index (χ1) is 12.7. The topological polar surface area (TPSA) is 38.3 Å². The fourth-order valence-electron chi connectivity index (χ4n) is 3.15. The summed E-state index contributed by atoms with van der Waals surface area (Å²) in [7, 11) is 0. The summed E-state index contributed by atoms with van der Waals surface area (Å²) in [6.45, 7) is 4.04. The maximum absolute atomic E-state index is 12.8. The molecule has 3 nitrogen and oxygen atoms in total. The van der Waals surface area contributed by atoms with Crippen molar-refractivity contribution < 1.29 is 9.53 Å². The highest BCUT2D eigenvalue weighted by atomic mass is 16.5. The van der Waals surface area contributed by atoms with Crippen LogP contribution in [-0.4, -0.2) is 12.0 Å². The molecule has 0 saturated heterocycles. The van der Waals surface area contributed by atoms with Crippen molar-refractivity contribution in [3.05, 3.63) is 78.4 Å². The number of benzene rings is 3. The Hall–Kier alpha value is -2.81. The van der Waals surface area contributed by atoms with Gasteiger partial charge in [-0.05, 0) is 29.9 Å². The van der Waals surface area contributed by atoms with E-state index in [1.807, 2.05) is 79.7 Å². The predicted octanol–water partition coefficient (Wildman–Crippen LogP) is 5.26. The Balaban J connectivity index is 1.76. The first kappa shape index (κ1) is 18.0. The lowest BCUT2D eigenvalue weighted by atomic mass is 10.0. The zero-order valence-electron chi connectivity index (χ0n) is 15.3. The van der Waals surface area contributed by atoms with E-state index < -0.39 is 6.10 Å². The van der Waals surface area contributed by atoms with Crippen LogP contribution >= 0.6 is 0 Å². The van der Waals surface area contributed by atoms with Crippen molar-refractivity contribution in [2.75, 3.05) is 0 Å². The fourth-order valence-corrected chi connectivity index (χ4v) is 3.15. The average Bonchev–Trinajstić information content (AvgIpc) is 2.70. The summed E-state index contributed by atoms with van der Waals surface area (Å²) in [5.41, 5.74) is 1.11. The number of amides is 1. The highest BCUT2D eigenvalue weighted by Crippen LogP contribution is 2.27. The SMILES string of the molecule is CC[C@H](NC(=O)[C@@H](CC)Oc1cccc2ccccc12)c1ccccc1. The molecule has 0 aromatic heterocycles. The van der Waals surface area contributed by atoms with Crippen LogP contribution in [0.5, 0.6) is 5.75 Å². The zero-order valence-corrected chi connectivity index (χ0v) is 15.3. The number of nitrogens with one attached hydrogen (secondary N) is 1. The predicted molar refractivity (Wildman–Crippen MR) is 106 cm³/mol. The Bertz CT molecular complexity index is 855. The Labute approximate surface area is 155 Å². The fraction of sp³-hybridized carbons (Fsp3) is 0.261. The summed E-state index contributed by atoms with van der Waals surface area (Å²) in [5.74, 6) is 0.675. The van der Waals surface area contributed by atoms with E-state index >= 15 is 0 Å². The van der Waals surface area contributed by atoms with E-state index in [1.54, 1.807) is 0 Å². The minimum Gasteiger partial charge on any atom is -0.480 e. The molecule has 2 atom stereocenters. The van der Waals surface area contributed by atoms with Gasteiger partial charge < -0.3 is 10.1 Å². The number of hydrogen-bond acceptors (Lipinski definition) is 2. The van der Waals surface area contributed by atoms with Gasteiger partial charge in [0.05, 0.1) is 6.04 Å². The van der Waals surface area contributed by atoms with Crippen molar-refractivity contribution in [3.63, 3.8) is 0 Å². The van der Waals surface area contributed by atoms with E-state index in [0.717, 1.165) is 28.5 Å². The Morgan fingerprint density at radius 3 is 2.31 bits per heavy atom. The molecule has 0 bridgehead atoms. The summed E-state index contributed by atoms with van der Waals surface area (Å²) in [5, 5.41) is 5.27. The molecule has 0 radical (unpaired) electrons. The molecule has 0 saturated carbocycles. The summed E-state index contributed by atoms with van der Waals surface area (Å²) in [4.78, 5) is 12.8. The average molecular weight is 347 g/mol. The third kappa shape index (κ3) is 4.05. The van der Waals surface area contributed by atoms with Crippen LogP contribution in [-0.2, 0) is 4.79 Å². The third-order valence-corrected chi connectivity index (χ3v) is 4.61. The first-order valence-electron chi connectivity index (χ1n) is 9.22. The molecule has 3 rings (SSSR count). The van der Waals surface area contributed by atoms with Gasteiger partial charge in [0.15, 0.2) is 6.10 Å². The number of hydrogen-bond donors (Lipinski definition) is 1. The van der Waals surface area contributed by atoms with Crippen LogP contribution in [0.4, 0.5) is 0 Å². The molecule has 0 aliphatic carbocycles. The van der Waals surface area contributed by atoms with E-state index in [-0.39, 0.29) is 11.9 Å². The van der Waals surface area contributed by atoms with Crippen LogP contribution < -0.4 is 10.1 Å². The van der Waals surface area contributed by atoms with Gasteiger partial charge >= 0.3 is 0 Å². The van der Waals surface area contributed by atoms with Gasteiger partial charge in [0.2, 0.25) is 0 Å². The second-order valence-corrected chi connectivity index (χ2v) is 6.37. The maximum Gasteiger partial charge on any atom is 0.261 e. The highest BCUT2D eigenvalue weighted by molar-refractivity contribution is 5.89. The zero-order chi connectivity index (χ0) is 18.4. The minimum absolute atomic E-state index is 0.00568. The molecule has 1 N–H and O–H groups in total. The molecule has 0 unspecified atom stereocenters. The molecule has 3 aromatic carbocycles. The maximum atomic E-state index is 12.8. The molecule has 26 heavy (non-hydrogen) atoms. The lowest BCUT2D eigenvalue weighted by molar-refractivity contribution is -0.128. The highest BCUT2D eigenvalue weighted by Gasteiger charge is 2.22. The minimum atomic E-state index is -0.515. The van der Waals surface area contributed by atoms with Gasteiger partial charge in [-0.1, -0.05) is 80.6 Å². The number of ether oxygens (including phenoxy) is 1. The number of carbonyl (C=O) groups excluding carboxylic acids is 1. The molecular formula is C23H25NO2. The molecular weight excluding hydrogens is 322 g/mol. The van der Waals surface area contributed by atoms with Crippen molar-refractivity contribution in [2.24, 2.45) is 0 Å². The van der Waals surface area contributed by atoms with E-state index in [9.17, 15) is 4.79 Å². The van der Waals surface area contributed by atoms with Gasteiger partial charge in [-0.2, -0.15) is 0 Å². The van der Waals surface area contributed by atoms with Crippen LogP contribution in [0, 0.1) is 0 Å². The standard InChI is InChI=1S/C23H25NO2/c1-3-20(18-12-6-5-7-13-18)24-23(25)21(4-2)26-22-16-10-14-17-11-8-9-15-19(17)22/h5-16,20-21H,3-4H2,1-2H3,(H,24,25)/t20-,21+/m0/s1. The number of fused-ring (bicyclic) bond motifs is 1. The summed E-state index contributed by atoms with van der Waals surface area (Å²) in [6, 6.07) is 24.0. The number of rotatable bonds is 7. The monoisotopic (exact) mass is 347 g/mol. The Morgan fingerprint density at radius 2 is 1.58 bits per heavy atom. The van der Waals surface area contributed by atoms with Crippen LogP contribution in [0.25, 0.3) is 10.8 Å². The van der Waals surface area contributed by atoms with Gasteiger partial charge in [0.1, 0.15) is 5.75 Å². The summed E-state index contributed by atoms with van der Waals surface area (Å²) < 4.78 is 6.11. The van der Waals surface area contributed by atoms with E-state index in [4.69, 9.17) is 4.74 Å². The number of carbonyl (C=O) groups is 1. The lowest BCUT2D eigenvalue weighted by Crippen LogP contribution is -2.39. The smallest absolute Gasteiger partial charge is 0.261 e. The molecule has 0 fully saturated rings. The molecule has 3 heteroatoms. The van der Waals surface area contributed by atoms with Crippen molar-refractivity contribution in [3.8, 4) is 5.75 Å². The largest absolute Gasteiger partial charge is 0.480 e. The van der Waals surface area contributed by atoms with E-state index in [2.05, 4.69) is 12.2 Å². The molecule has 0 aliphatic rings. The van der Waals surface area contributed by atoms with Crippen molar-refractivity contribution in [1.82, 2.24) is 5.32 Å². The first-order valence-corrected chi connectivity index (χ1v) is 9.22. The quantitative estimate of drug-likeness (QED) is 0.633. The second-order valence-electron chi connectivity index (χ2n) is 6.37. The molecule has 3 aromatic rings. The van der Waals surface area contributed by atoms with Crippen LogP contribution in [0.15, 0.2) is 72.8 Å². The summed E-state index contributed by atoms with van der Waals surface area (Å²) in [6.07, 6.45) is 0.930. The lowest BCUT2D eigenvalue weighted by Gasteiger charge is -2.23.